The molecular weight excluding hydrogens is 318 g/mol. The summed E-state index contributed by atoms with van der Waals surface area (Å²) in [5.74, 6) is -0.176. The van der Waals surface area contributed by atoms with Crippen molar-refractivity contribution in [2.45, 2.75) is 13.1 Å². The maximum atomic E-state index is 10.8. The fourth-order valence-electron chi connectivity index (χ4n) is 1.98. The maximum absolute atomic E-state index is 10.8. The van der Waals surface area contributed by atoms with Gasteiger partial charge in [0, 0.05) is 13.1 Å². The minimum Gasteiger partial charge on any atom is -1.00 e. The van der Waals surface area contributed by atoms with Gasteiger partial charge in [0.2, 0.25) is 0 Å². The molecule has 0 aromatic heterocycles. The van der Waals surface area contributed by atoms with E-state index in [-0.39, 0.29) is 19.0 Å². The van der Waals surface area contributed by atoms with E-state index < -0.39 is 5.97 Å². The fraction of sp³-hybridized carbons (Fsp3) is 0.235. The first-order chi connectivity index (χ1) is 10.7. The first kappa shape index (κ1) is 19.0. The Morgan fingerprint density at radius 3 is 1.96 bits per heavy atom. The number of nitrogens with one attached hydrogen (secondary N) is 1. The van der Waals surface area contributed by atoms with Crippen molar-refractivity contribution in [1.82, 2.24) is 5.32 Å². The number of rotatable bonds is 8. The summed E-state index contributed by atoms with van der Waals surface area (Å²) < 4.78 is 5.30. The van der Waals surface area contributed by atoms with Gasteiger partial charge < -0.3 is 32.7 Å². The molecular formula is C17H19ClNO4-. The molecule has 0 aliphatic carbocycles. The van der Waals surface area contributed by atoms with Crippen molar-refractivity contribution >= 4 is 5.97 Å². The smallest absolute Gasteiger partial charge is 0.335 e. The van der Waals surface area contributed by atoms with Crippen LogP contribution in [-0.2, 0) is 13.1 Å². The maximum Gasteiger partial charge on any atom is 0.335 e. The largest absolute Gasteiger partial charge is 1.00 e. The van der Waals surface area contributed by atoms with E-state index in [1.807, 2.05) is 36.4 Å². The number of carboxylic acid groups (broad SMARTS) is 1. The van der Waals surface area contributed by atoms with Crippen LogP contribution in [0.1, 0.15) is 21.5 Å². The Morgan fingerprint density at radius 1 is 0.957 bits per heavy atom. The second-order valence-corrected chi connectivity index (χ2v) is 4.82. The molecule has 0 bridgehead atoms. The standard InChI is InChI=1S/C17H19NO4.ClH/c19-9-10-22-16-7-3-14(4-8-16)12-18-11-13-1-5-15(6-2-13)17(20)21;/h1-8,18-19H,9-12H2,(H,20,21);1H/p-1. The van der Waals surface area contributed by atoms with Crippen LogP contribution in [0.2, 0.25) is 0 Å². The zero-order valence-corrected chi connectivity index (χ0v) is 13.3. The zero-order chi connectivity index (χ0) is 15.8. The first-order valence-electron chi connectivity index (χ1n) is 7.04. The Balaban J connectivity index is 0.00000264. The molecule has 0 aliphatic heterocycles. The van der Waals surface area contributed by atoms with E-state index in [9.17, 15) is 4.79 Å². The molecule has 0 heterocycles. The average molecular weight is 337 g/mol. The third kappa shape index (κ3) is 6.28. The van der Waals surface area contributed by atoms with E-state index in [1.165, 1.54) is 0 Å². The van der Waals surface area contributed by atoms with Gasteiger partial charge in [0.1, 0.15) is 12.4 Å². The van der Waals surface area contributed by atoms with Crippen LogP contribution in [0.15, 0.2) is 48.5 Å². The molecule has 0 unspecified atom stereocenters. The van der Waals surface area contributed by atoms with Crippen molar-refractivity contribution in [2.75, 3.05) is 13.2 Å². The van der Waals surface area contributed by atoms with Crippen molar-refractivity contribution in [3.8, 4) is 5.75 Å². The van der Waals surface area contributed by atoms with Crippen LogP contribution < -0.4 is 22.5 Å². The highest BCUT2D eigenvalue weighted by Crippen LogP contribution is 2.12. The number of aliphatic hydroxyl groups is 1. The number of halogens is 1. The van der Waals surface area contributed by atoms with Gasteiger partial charge in [-0.2, -0.15) is 0 Å². The van der Waals surface area contributed by atoms with Crippen LogP contribution >= 0.6 is 0 Å². The summed E-state index contributed by atoms with van der Waals surface area (Å²) in [6.07, 6.45) is 0. The van der Waals surface area contributed by atoms with Crippen molar-refractivity contribution < 1.29 is 32.2 Å². The van der Waals surface area contributed by atoms with Crippen LogP contribution in [0.3, 0.4) is 0 Å². The lowest BCUT2D eigenvalue weighted by Crippen LogP contribution is -3.00. The monoisotopic (exact) mass is 336 g/mol. The molecule has 5 nitrogen and oxygen atoms in total. The summed E-state index contributed by atoms with van der Waals surface area (Å²) in [6.45, 7) is 1.68. The Bertz CT molecular complexity index is 599. The van der Waals surface area contributed by atoms with Crippen LogP contribution in [0, 0.1) is 0 Å². The Kier molecular flexibility index (Phi) is 8.11. The highest BCUT2D eigenvalue weighted by Gasteiger charge is 2.01. The van der Waals surface area contributed by atoms with E-state index in [4.69, 9.17) is 14.9 Å². The first-order valence-corrected chi connectivity index (χ1v) is 7.04. The topological polar surface area (TPSA) is 78.8 Å². The molecule has 0 amide bonds. The molecule has 0 fully saturated rings. The summed E-state index contributed by atoms with van der Waals surface area (Å²) in [7, 11) is 0. The second-order valence-electron chi connectivity index (χ2n) is 4.82. The number of aromatic carboxylic acids is 1. The molecule has 0 saturated carbocycles. The van der Waals surface area contributed by atoms with E-state index in [0.29, 0.717) is 25.3 Å². The number of hydrogen-bond acceptors (Lipinski definition) is 4. The number of ether oxygens (including phenoxy) is 1. The lowest BCUT2D eigenvalue weighted by atomic mass is 10.1. The zero-order valence-electron chi connectivity index (χ0n) is 12.5. The Labute approximate surface area is 141 Å². The summed E-state index contributed by atoms with van der Waals surface area (Å²) in [5, 5.41) is 20.8. The molecule has 0 radical (unpaired) electrons. The number of carboxylic acids is 1. The molecule has 0 aliphatic rings. The highest BCUT2D eigenvalue weighted by atomic mass is 35.5. The number of hydrogen-bond donors (Lipinski definition) is 3. The fourth-order valence-corrected chi connectivity index (χ4v) is 1.98. The predicted molar refractivity (Wildman–Crippen MR) is 83.0 cm³/mol. The molecule has 124 valence electrons. The van der Waals surface area contributed by atoms with Gasteiger partial charge in [0.05, 0.1) is 12.2 Å². The summed E-state index contributed by atoms with van der Waals surface area (Å²) in [4.78, 5) is 10.8. The van der Waals surface area contributed by atoms with E-state index in [2.05, 4.69) is 5.32 Å². The molecule has 0 spiro atoms. The van der Waals surface area contributed by atoms with Crippen molar-refractivity contribution in [3.63, 3.8) is 0 Å². The SMILES string of the molecule is O=C(O)c1ccc(CNCc2ccc(OCCO)cc2)cc1.[Cl-]. The lowest BCUT2D eigenvalue weighted by molar-refractivity contribution is -0.0000212. The molecule has 2 rings (SSSR count). The van der Waals surface area contributed by atoms with Gasteiger partial charge in [-0.3, -0.25) is 0 Å². The quantitative estimate of drug-likeness (QED) is 0.579. The van der Waals surface area contributed by atoms with Crippen molar-refractivity contribution in [2.24, 2.45) is 0 Å². The van der Waals surface area contributed by atoms with Gasteiger partial charge in [0.15, 0.2) is 0 Å². The van der Waals surface area contributed by atoms with Crippen molar-refractivity contribution in [3.05, 3.63) is 65.2 Å². The van der Waals surface area contributed by atoms with Gasteiger partial charge in [-0.05, 0) is 35.4 Å². The van der Waals surface area contributed by atoms with Gasteiger partial charge >= 0.3 is 5.97 Å². The molecule has 3 N–H and O–H groups in total. The van der Waals surface area contributed by atoms with Crippen molar-refractivity contribution in [1.29, 1.82) is 0 Å². The lowest BCUT2D eigenvalue weighted by Gasteiger charge is -2.07. The van der Waals surface area contributed by atoms with E-state index >= 15 is 0 Å². The summed E-state index contributed by atoms with van der Waals surface area (Å²) >= 11 is 0. The molecule has 0 saturated heterocycles. The molecule has 2 aromatic rings. The second kappa shape index (κ2) is 9.84. The summed E-state index contributed by atoms with van der Waals surface area (Å²) in [5.41, 5.74) is 2.45. The molecule has 2 aromatic carbocycles. The summed E-state index contributed by atoms with van der Waals surface area (Å²) in [6, 6.07) is 14.5. The van der Waals surface area contributed by atoms with Crippen LogP contribution in [0.25, 0.3) is 0 Å². The van der Waals surface area contributed by atoms with Gasteiger partial charge in [0.25, 0.3) is 0 Å². The Hall–Kier alpha value is -2.08. The predicted octanol–water partition coefficient (Wildman–Crippen LogP) is -0.950. The van der Waals surface area contributed by atoms with Gasteiger partial charge in [-0.1, -0.05) is 24.3 Å². The van der Waals surface area contributed by atoms with E-state index in [0.717, 1.165) is 16.9 Å². The van der Waals surface area contributed by atoms with E-state index in [1.54, 1.807) is 12.1 Å². The normalized spacial score (nSPS) is 9.96. The molecule has 23 heavy (non-hydrogen) atoms. The third-order valence-corrected chi connectivity index (χ3v) is 3.14. The molecule has 0 atom stereocenters. The van der Waals surface area contributed by atoms with Crippen LogP contribution in [0.5, 0.6) is 5.75 Å². The minimum atomic E-state index is -0.914. The third-order valence-electron chi connectivity index (χ3n) is 3.14. The number of benzene rings is 2. The Morgan fingerprint density at radius 2 is 1.48 bits per heavy atom. The number of carbonyl (C=O) groups is 1. The molecule has 6 heteroatoms. The number of aliphatic hydroxyl groups excluding tert-OH is 1. The van der Waals surface area contributed by atoms with Crippen LogP contribution in [-0.4, -0.2) is 29.4 Å². The average Bonchev–Trinajstić information content (AvgIpc) is 2.54. The van der Waals surface area contributed by atoms with Gasteiger partial charge in [-0.25, -0.2) is 4.79 Å². The highest BCUT2D eigenvalue weighted by molar-refractivity contribution is 5.87. The van der Waals surface area contributed by atoms with Gasteiger partial charge in [-0.15, -0.1) is 0 Å². The van der Waals surface area contributed by atoms with Crippen LogP contribution in [0.4, 0.5) is 0 Å². The minimum absolute atomic E-state index is 0.